The molecule has 0 aromatic heterocycles. The standard InChI is InChI=1S/C17H18N4O3/c1-20-15-14(16(22)21(2)17(20)23)13(7-8-18-15)19-10-11-5-4-6-12(9-11)24-3/h4-9,14H,10H2,1-3H3. The summed E-state index contributed by atoms with van der Waals surface area (Å²) in [6, 6.07) is 7.21. The number of nitrogens with zero attached hydrogens (tertiary/aromatic N) is 4. The maximum atomic E-state index is 12.5. The minimum Gasteiger partial charge on any atom is -0.497 e. The maximum absolute atomic E-state index is 12.5. The van der Waals surface area contributed by atoms with Gasteiger partial charge in [-0.1, -0.05) is 12.1 Å². The van der Waals surface area contributed by atoms with Crippen molar-refractivity contribution in [1.82, 2.24) is 9.80 Å². The second kappa shape index (κ2) is 6.27. The quantitative estimate of drug-likeness (QED) is 0.848. The lowest BCUT2D eigenvalue weighted by Gasteiger charge is -2.36. The minimum absolute atomic E-state index is 0.314. The van der Waals surface area contributed by atoms with Gasteiger partial charge in [0.05, 0.1) is 19.4 Å². The molecule has 1 fully saturated rings. The number of amides is 3. The highest BCUT2D eigenvalue weighted by atomic mass is 16.5. The largest absolute Gasteiger partial charge is 0.497 e. The minimum atomic E-state index is -0.645. The van der Waals surface area contributed by atoms with Crippen molar-refractivity contribution in [2.75, 3.05) is 21.2 Å². The van der Waals surface area contributed by atoms with E-state index in [0.717, 1.165) is 16.2 Å². The Balaban J connectivity index is 1.88. The Labute approximate surface area is 139 Å². The Bertz CT molecular complexity index is 782. The number of ether oxygens (including phenoxy) is 1. The van der Waals surface area contributed by atoms with Crippen LogP contribution in [0.4, 0.5) is 4.79 Å². The van der Waals surface area contributed by atoms with E-state index in [1.807, 2.05) is 24.3 Å². The zero-order valence-corrected chi connectivity index (χ0v) is 13.8. The van der Waals surface area contributed by atoms with Crippen molar-refractivity contribution in [2.24, 2.45) is 15.9 Å². The Morgan fingerprint density at radius 3 is 2.79 bits per heavy atom. The second-order valence-electron chi connectivity index (χ2n) is 5.57. The molecule has 0 radical (unpaired) electrons. The number of imide groups is 1. The fourth-order valence-corrected chi connectivity index (χ4v) is 2.72. The summed E-state index contributed by atoms with van der Waals surface area (Å²) in [7, 11) is 4.69. The molecule has 1 unspecified atom stereocenters. The SMILES string of the molecule is COc1cccc(CN=C2C=CN=C3C2C(=O)N(C)C(=O)N3C)c1. The third kappa shape index (κ3) is 2.68. The number of carbonyl (C=O) groups is 2. The highest BCUT2D eigenvalue weighted by Crippen LogP contribution is 2.22. The van der Waals surface area contributed by atoms with Crippen LogP contribution in [0.2, 0.25) is 0 Å². The van der Waals surface area contributed by atoms with Gasteiger partial charge in [0.2, 0.25) is 5.91 Å². The molecule has 2 aliphatic rings. The first-order valence-electron chi connectivity index (χ1n) is 7.49. The number of aliphatic imine (C=N–C) groups is 2. The van der Waals surface area contributed by atoms with Crippen molar-refractivity contribution >= 4 is 23.5 Å². The first-order chi connectivity index (χ1) is 11.5. The van der Waals surface area contributed by atoms with Crippen LogP contribution in [-0.4, -0.2) is 54.5 Å². The third-order valence-electron chi connectivity index (χ3n) is 4.08. The van der Waals surface area contributed by atoms with Gasteiger partial charge in [-0.2, -0.15) is 0 Å². The molecular formula is C17H18N4O3. The molecule has 1 aromatic rings. The van der Waals surface area contributed by atoms with E-state index in [9.17, 15) is 9.59 Å². The predicted octanol–water partition coefficient (Wildman–Crippen LogP) is 1.70. The molecule has 0 spiro atoms. The Morgan fingerprint density at radius 2 is 2.04 bits per heavy atom. The van der Waals surface area contributed by atoms with E-state index in [4.69, 9.17) is 4.74 Å². The van der Waals surface area contributed by atoms with Gasteiger partial charge in [-0.15, -0.1) is 0 Å². The van der Waals surface area contributed by atoms with Gasteiger partial charge in [0, 0.05) is 20.3 Å². The average molecular weight is 326 g/mol. The molecule has 24 heavy (non-hydrogen) atoms. The van der Waals surface area contributed by atoms with Crippen LogP contribution in [0.1, 0.15) is 5.56 Å². The van der Waals surface area contributed by atoms with Gasteiger partial charge in [-0.25, -0.2) is 9.79 Å². The molecule has 0 aliphatic carbocycles. The molecule has 3 amide bonds. The first-order valence-corrected chi connectivity index (χ1v) is 7.49. The van der Waals surface area contributed by atoms with E-state index in [1.54, 1.807) is 26.4 Å². The Morgan fingerprint density at radius 1 is 1.25 bits per heavy atom. The second-order valence-corrected chi connectivity index (χ2v) is 5.57. The molecule has 1 aromatic carbocycles. The number of fused-ring (bicyclic) bond motifs is 1. The van der Waals surface area contributed by atoms with E-state index < -0.39 is 11.9 Å². The van der Waals surface area contributed by atoms with Gasteiger partial charge >= 0.3 is 6.03 Å². The topological polar surface area (TPSA) is 74.6 Å². The van der Waals surface area contributed by atoms with Gasteiger partial charge in [0.25, 0.3) is 0 Å². The zero-order valence-electron chi connectivity index (χ0n) is 13.8. The van der Waals surface area contributed by atoms with Crippen LogP contribution in [0.5, 0.6) is 5.75 Å². The maximum Gasteiger partial charge on any atom is 0.331 e. The molecule has 3 rings (SSSR count). The highest BCUT2D eigenvalue weighted by molar-refractivity contribution is 6.31. The van der Waals surface area contributed by atoms with Crippen LogP contribution in [0.25, 0.3) is 0 Å². The molecule has 1 saturated heterocycles. The van der Waals surface area contributed by atoms with Crippen molar-refractivity contribution in [3.05, 3.63) is 42.1 Å². The lowest BCUT2D eigenvalue weighted by atomic mass is 9.95. The van der Waals surface area contributed by atoms with Crippen LogP contribution in [0, 0.1) is 5.92 Å². The fourth-order valence-electron chi connectivity index (χ4n) is 2.72. The van der Waals surface area contributed by atoms with E-state index in [1.165, 1.54) is 11.9 Å². The van der Waals surface area contributed by atoms with Crippen molar-refractivity contribution in [3.63, 3.8) is 0 Å². The summed E-state index contributed by atoms with van der Waals surface area (Å²) < 4.78 is 5.20. The summed E-state index contributed by atoms with van der Waals surface area (Å²) in [6.07, 6.45) is 3.28. The van der Waals surface area contributed by atoms with Gasteiger partial charge in [-0.05, 0) is 23.8 Å². The van der Waals surface area contributed by atoms with E-state index in [0.29, 0.717) is 18.1 Å². The summed E-state index contributed by atoms with van der Waals surface area (Å²) in [5.41, 5.74) is 1.57. The third-order valence-corrected chi connectivity index (χ3v) is 4.08. The van der Waals surface area contributed by atoms with Crippen molar-refractivity contribution in [3.8, 4) is 5.75 Å². The van der Waals surface area contributed by atoms with E-state index in [-0.39, 0.29) is 5.91 Å². The molecule has 0 saturated carbocycles. The monoisotopic (exact) mass is 326 g/mol. The molecule has 7 nitrogen and oxygen atoms in total. The molecule has 124 valence electrons. The van der Waals surface area contributed by atoms with E-state index >= 15 is 0 Å². The average Bonchev–Trinajstić information content (AvgIpc) is 2.62. The summed E-state index contributed by atoms with van der Waals surface area (Å²) in [5, 5.41) is 0. The normalized spacial score (nSPS) is 21.9. The van der Waals surface area contributed by atoms with Gasteiger partial charge in [0.15, 0.2) is 0 Å². The van der Waals surface area contributed by atoms with Crippen LogP contribution in [0.3, 0.4) is 0 Å². The number of rotatable bonds is 3. The smallest absolute Gasteiger partial charge is 0.331 e. The number of allylic oxidation sites excluding steroid dienone is 1. The fraction of sp³-hybridized carbons (Fsp3) is 0.294. The number of carbonyl (C=O) groups excluding carboxylic acids is 2. The number of hydrogen-bond donors (Lipinski definition) is 0. The Hall–Kier alpha value is -2.96. The molecule has 0 bridgehead atoms. The van der Waals surface area contributed by atoms with Crippen molar-refractivity contribution in [1.29, 1.82) is 0 Å². The summed E-state index contributed by atoms with van der Waals surface area (Å²) in [6.45, 7) is 0.412. The lowest BCUT2D eigenvalue weighted by molar-refractivity contribution is -0.128. The van der Waals surface area contributed by atoms with Gasteiger partial charge < -0.3 is 4.74 Å². The summed E-state index contributed by atoms with van der Waals surface area (Å²) >= 11 is 0. The molecule has 7 heteroatoms. The molecule has 2 aliphatic heterocycles. The molecular weight excluding hydrogens is 308 g/mol. The summed E-state index contributed by atoms with van der Waals surface area (Å²) in [4.78, 5) is 35.8. The van der Waals surface area contributed by atoms with Crippen molar-refractivity contribution < 1.29 is 14.3 Å². The van der Waals surface area contributed by atoms with Gasteiger partial charge in [-0.3, -0.25) is 19.6 Å². The van der Waals surface area contributed by atoms with Crippen LogP contribution >= 0.6 is 0 Å². The lowest BCUT2D eigenvalue weighted by Crippen LogP contribution is -2.59. The van der Waals surface area contributed by atoms with E-state index in [2.05, 4.69) is 9.98 Å². The van der Waals surface area contributed by atoms with Crippen LogP contribution < -0.4 is 4.74 Å². The predicted molar refractivity (Wildman–Crippen MR) is 90.1 cm³/mol. The molecule has 1 atom stereocenters. The number of hydrogen-bond acceptors (Lipinski definition) is 5. The van der Waals surface area contributed by atoms with Crippen molar-refractivity contribution in [2.45, 2.75) is 6.54 Å². The zero-order chi connectivity index (χ0) is 17.3. The molecule has 2 heterocycles. The first kappa shape index (κ1) is 15.9. The number of amidine groups is 1. The van der Waals surface area contributed by atoms with Gasteiger partial charge in [0.1, 0.15) is 17.5 Å². The summed E-state index contributed by atoms with van der Waals surface area (Å²) in [5.74, 6) is 0.210. The van der Waals surface area contributed by atoms with Crippen LogP contribution in [-0.2, 0) is 11.3 Å². The van der Waals surface area contributed by atoms with Crippen LogP contribution in [0.15, 0.2) is 46.5 Å². The Kier molecular flexibility index (Phi) is 4.16. The number of benzene rings is 1. The molecule has 0 N–H and O–H groups in total. The number of urea groups is 1. The number of methoxy groups -OCH3 is 1. The highest BCUT2D eigenvalue weighted by Gasteiger charge is 2.43.